The molecular weight excluding hydrogens is 421 g/mol. The Bertz CT molecular complexity index is 934. The van der Waals surface area contributed by atoms with Gasteiger partial charge in [0.25, 0.3) is 0 Å². The van der Waals surface area contributed by atoms with E-state index in [4.69, 9.17) is 9.47 Å². The highest BCUT2D eigenvalue weighted by atomic mass is 32.2. The molecule has 162 valence electrons. The molecule has 0 aliphatic carbocycles. The monoisotopic (exact) mass is 442 g/mol. The van der Waals surface area contributed by atoms with Gasteiger partial charge in [-0.25, -0.2) is 0 Å². The Kier molecular flexibility index (Phi) is 5.81. The number of thioether (sulfide) groups is 1. The number of carbonyl (C=O) groups excluding carboxylic acids is 1. The number of nitrogens with zero attached hydrogens (tertiary/aromatic N) is 4. The van der Waals surface area contributed by atoms with Crippen molar-refractivity contribution < 1.29 is 27.4 Å². The van der Waals surface area contributed by atoms with Gasteiger partial charge >= 0.3 is 6.18 Å². The van der Waals surface area contributed by atoms with Crippen molar-refractivity contribution >= 4 is 17.7 Å². The van der Waals surface area contributed by atoms with Crippen LogP contribution in [-0.4, -0.2) is 51.1 Å². The molecule has 1 aromatic carbocycles. The quantitative estimate of drug-likeness (QED) is 0.676. The maximum Gasteiger partial charge on any atom is 0.451 e. The summed E-state index contributed by atoms with van der Waals surface area (Å²) >= 11 is 0.955. The SMILES string of the molecule is Cn1c(SCC(=O)N2CCC[C@@H]2c2ccc3c(c2)OCCCO3)nnc1C(F)(F)F. The lowest BCUT2D eigenvalue weighted by atomic mass is 10.0. The number of rotatable bonds is 4. The first kappa shape index (κ1) is 20.8. The molecule has 0 radical (unpaired) electrons. The van der Waals surface area contributed by atoms with Crippen molar-refractivity contribution in [3.8, 4) is 11.5 Å². The first-order chi connectivity index (χ1) is 14.3. The van der Waals surface area contributed by atoms with Crippen molar-refractivity contribution in [2.45, 2.75) is 36.6 Å². The van der Waals surface area contributed by atoms with Crippen LogP contribution in [0.25, 0.3) is 0 Å². The van der Waals surface area contributed by atoms with Crippen LogP contribution < -0.4 is 9.47 Å². The minimum Gasteiger partial charge on any atom is -0.490 e. The van der Waals surface area contributed by atoms with Crippen LogP contribution >= 0.6 is 11.8 Å². The van der Waals surface area contributed by atoms with Crippen LogP contribution in [0.15, 0.2) is 23.4 Å². The Morgan fingerprint density at radius 2 is 1.97 bits per heavy atom. The molecule has 1 atom stereocenters. The molecule has 0 saturated carbocycles. The van der Waals surface area contributed by atoms with Gasteiger partial charge in [0.15, 0.2) is 16.7 Å². The smallest absolute Gasteiger partial charge is 0.451 e. The number of halogens is 3. The number of hydrogen-bond donors (Lipinski definition) is 0. The van der Waals surface area contributed by atoms with Gasteiger partial charge in [0.1, 0.15) is 0 Å². The molecule has 1 fully saturated rings. The Hall–Kier alpha value is -2.43. The van der Waals surface area contributed by atoms with Gasteiger partial charge in [-0.15, -0.1) is 10.2 Å². The third-order valence-corrected chi connectivity index (χ3v) is 6.15. The predicted octanol–water partition coefficient (Wildman–Crippen LogP) is 3.45. The van der Waals surface area contributed by atoms with Crippen LogP contribution in [0.2, 0.25) is 0 Å². The van der Waals surface area contributed by atoms with Crippen molar-refractivity contribution in [3.63, 3.8) is 0 Å². The summed E-state index contributed by atoms with van der Waals surface area (Å²) in [7, 11) is 1.24. The lowest BCUT2D eigenvalue weighted by Gasteiger charge is -2.25. The van der Waals surface area contributed by atoms with Crippen LogP contribution in [-0.2, 0) is 18.0 Å². The molecule has 0 spiro atoms. The average Bonchev–Trinajstić information content (AvgIpc) is 3.26. The summed E-state index contributed by atoms with van der Waals surface area (Å²) in [6.45, 7) is 1.79. The van der Waals surface area contributed by atoms with E-state index in [9.17, 15) is 18.0 Å². The van der Waals surface area contributed by atoms with E-state index in [0.29, 0.717) is 31.3 Å². The van der Waals surface area contributed by atoms with Gasteiger partial charge in [0.2, 0.25) is 11.7 Å². The first-order valence-corrected chi connectivity index (χ1v) is 10.6. The van der Waals surface area contributed by atoms with E-state index in [-0.39, 0.29) is 22.9 Å². The molecule has 7 nitrogen and oxygen atoms in total. The zero-order valence-electron chi connectivity index (χ0n) is 16.3. The Balaban J connectivity index is 1.44. The summed E-state index contributed by atoms with van der Waals surface area (Å²) in [6, 6.07) is 5.63. The second-order valence-corrected chi connectivity index (χ2v) is 8.10. The summed E-state index contributed by atoms with van der Waals surface area (Å²) in [5.74, 6) is 0.142. The van der Waals surface area contributed by atoms with Crippen molar-refractivity contribution in [1.82, 2.24) is 19.7 Å². The number of hydrogen-bond acceptors (Lipinski definition) is 6. The lowest BCUT2D eigenvalue weighted by molar-refractivity contribution is -0.147. The van der Waals surface area contributed by atoms with Crippen LogP contribution in [0.3, 0.4) is 0 Å². The maximum absolute atomic E-state index is 12.9. The number of carbonyl (C=O) groups is 1. The van der Waals surface area contributed by atoms with E-state index >= 15 is 0 Å². The van der Waals surface area contributed by atoms with Gasteiger partial charge in [-0.2, -0.15) is 13.2 Å². The van der Waals surface area contributed by atoms with Gasteiger partial charge in [-0.3, -0.25) is 4.79 Å². The summed E-state index contributed by atoms with van der Waals surface area (Å²) < 4.78 is 50.9. The fourth-order valence-electron chi connectivity index (χ4n) is 3.70. The van der Waals surface area contributed by atoms with Crippen molar-refractivity contribution in [2.24, 2.45) is 7.05 Å². The second kappa shape index (κ2) is 8.37. The molecule has 3 heterocycles. The molecule has 1 saturated heterocycles. The van der Waals surface area contributed by atoms with E-state index in [1.165, 1.54) is 7.05 Å². The van der Waals surface area contributed by atoms with Gasteiger partial charge < -0.3 is 18.9 Å². The third kappa shape index (κ3) is 4.21. The Morgan fingerprint density at radius 1 is 1.20 bits per heavy atom. The molecule has 0 bridgehead atoms. The minimum absolute atomic E-state index is 0.00905. The number of likely N-dealkylation sites (tertiary alicyclic amines) is 1. The van der Waals surface area contributed by atoms with Crippen LogP contribution in [0.4, 0.5) is 13.2 Å². The first-order valence-electron chi connectivity index (χ1n) is 9.63. The molecule has 2 aromatic rings. The van der Waals surface area contributed by atoms with E-state index < -0.39 is 12.0 Å². The molecule has 30 heavy (non-hydrogen) atoms. The summed E-state index contributed by atoms with van der Waals surface area (Å²) in [4.78, 5) is 14.6. The van der Waals surface area contributed by atoms with E-state index in [1.54, 1.807) is 4.90 Å². The number of amides is 1. The van der Waals surface area contributed by atoms with Gasteiger partial charge in [-0.1, -0.05) is 17.8 Å². The van der Waals surface area contributed by atoms with E-state index in [2.05, 4.69) is 10.2 Å². The summed E-state index contributed by atoms with van der Waals surface area (Å²) in [5, 5.41) is 6.82. The van der Waals surface area contributed by atoms with Crippen molar-refractivity contribution in [3.05, 3.63) is 29.6 Å². The minimum atomic E-state index is -4.58. The molecule has 2 aliphatic rings. The number of fused-ring (bicyclic) bond motifs is 1. The zero-order chi connectivity index (χ0) is 21.3. The predicted molar refractivity (Wildman–Crippen MR) is 102 cm³/mol. The normalized spacial score (nSPS) is 19.1. The third-order valence-electron chi connectivity index (χ3n) is 5.14. The Labute approximate surface area is 175 Å². The highest BCUT2D eigenvalue weighted by Crippen LogP contribution is 2.38. The van der Waals surface area contributed by atoms with Gasteiger partial charge in [0.05, 0.1) is 25.0 Å². The summed E-state index contributed by atoms with van der Waals surface area (Å²) in [6.07, 6.45) is -2.09. The summed E-state index contributed by atoms with van der Waals surface area (Å²) in [5.41, 5.74) is 0.966. The Morgan fingerprint density at radius 3 is 2.70 bits per heavy atom. The van der Waals surface area contributed by atoms with Crippen LogP contribution in [0, 0.1) is 0 Å². The fourth-order valence-corrected chi connectivity index (χ4v) is 4.49. The van der Waals surface area contributed by atoms with Crippen molar-refractivity contribution in [2.75, 3.05) is 25.5 Å². The van der Waals surface area contributed by atoms with Crippen molar-refractivity contribution in [1.29, 1.82) is 0 Å². The standard InChI is InChI=1S/C19H21F3N4O3S/c1-25-17(19(20,21)22)23-24-18(25)30-11-16(27)26-7-2-4-13(26)12-5-6-14-15(10-12)29-9-3-8-28-14/h5-6,10,13H,2-4,7-9,11H2,1H3/t13-/m1/s1. The van der Waals surface area contributed by atoms with E-state index in [1.807, 2.05) is 18.2 Å². The molecule has 0 unspecified atom stereocenters. The molecular formula is C19H21F3N4O3S. The van der Waals surface area contributed by atoms with Gasteiger partial charge in [-0.05, 0) is 30.5 Å². The molecule has 0 N–H and O–H groups in total. The number of ether oxygens (including phenoxy) is 2. The number of aromatic nitrogens is 3. The van der Waals surface area contributed by atoms with Gasteiger partial charge in [0, 0.05) is 20.0 Å². The average molecular weight is 442 g/mol. The largest absolute Gasteiger partial charge is 0.490 e. The van der Waals surface area contributed by atoms with Crippen LogP contribution in [0.5, 0.6) is 11.5 Å². The fraction of sp³-hybridized carbons (Fsp3) is 0.526. The molecule has 1 aromatic heterocycles. The van der Waals surface area contributed by atoms with Crippen LogP contribution in [0.1, 0.15) is 36.7 Å². The molecule has 1 amide bonds. The number of benzene rings is 1. The number of alkyl halides is 3. The molecule has 2 aliphatic heterocycles. The molecule has 11 heteroatoms. The zero-order valence-corrected chi connectivity index (χ0v) is 17.1. The highest BCUT2D eigenvalue weighted by molar-refractivity contribution is 7.99. The highest BCUT2D eigenvalue weighted by Gasteiger charge is 2.38. The lowest BCUT2D eigenvalue weighted by Crippen LogP contribution is -2.32. The van der Waals surface area contributed by atoms with E-state index in [0.717, 1.165) is 41.2 Å². The molecule has 4 rings (SSSR count). The topological polar surface area (TPSA) is 69.5 Å². The maximum atomic E-state index is 12.9. The second-order valence-electron chi connectivity index (χ2n) is 7.15.